The average molecular weight is 450 g/mol. The Balaban J connectivity index is 1.80. The molecule has 4 rings (SSSR count). The van der Waals surface area contributed by atoms with E-state index in [1.54, 1.807) is 66.7 Å². The molecule has 2 aromatic carbocycles. The summed E-state index contributed by atoms with van der Waals surface area (Å²) in [5.41, 5.74) is 1.04. The van der Waals surface area contributed by atoms with E-state index >= 15 is 0 Å². The first-order valence-corrected chi connectivity index (χ1v) is 10.3. The molecular weight excluding hydrogens is 430 g/mol. The average Bonchev–Trinajstić information content (AvgIpc) is 3.40. The third kappa shape index (κ3) is 4.18. The molecule has 32 heavy (non-hydrogen) atoms. The minimum Gasteiger partial charge on any atom is -0.507 e. The van der Waals surface area contributed by atoms with Crippen molar-refractivity contribution in [1.29, 1.82) is 0 Å². The van der Waals surface area contributed by atoms with Crippen LogP contribution in [0.2, 0.25) is 5.02 Å². The van der Waals surface area contributed by atoms with Crippen molar-refractivity contribution in [3.05, 3.63) is 107 Å². The molecule has 1 fully saturated rings. The lowest BCUT2D eigenvalue weighted by molar-refractivity contribution is -0.140. The molecule has 1 N–H and O–H groups in total. The van der Waals surface area contributed by atoms with Crippen LogP contribution in [0.25, 0.3) is 5.76 Å². The van der Waals surface area contributed by atoms with Crippen molar-refractivity contribution < 1.29 is 23.8 Å². The number of halogens is 1. The first kappa shape index (κ1) is 21.5. The van der Waals surface area contributed by atoms with Crippen molar-refractivity contribution in [1.82, 2.24) is 4.90 Å². The summed E-state index contributed by atoms with van der Waals surface area (Å²) in [6.07, 6.45) is 3.14. The highest BCUT2D eigenvalue weighted by Crippen LogP contribution is 2.40. The molecule has 0 spiro atoms. The fourth-order valence-electron chi connectivity index (χ4n) is 3.62. The summed E-state index contributed by atoms with van der Waals surface area (Å²) >= 11 is 5.95. The first-order valence-electron chi connectivity index (χ1n) is 9.90. The van der Waals surface area contributed by atoms with Crippen molar-refractivity contribution in [2.75, 3.05) is 6.61 Å². The van der Waals surface area contributed by atoms with Gasteiger partial charge in [-0.1, -0.05) is 36.4 Å². The summed E-state index contributed by atoms with van der Waals surface area (Å²) in [6, 6.07) is 16.1. The van der Waals surface area contributed by atoms with E-state index in [1.807, 2.05) is 0 Å². The van der Waals surface area contributed by atoms with E-state index in [0.717, 1.165) is 0 Å². The molecule has 1 aliphatic rings. The van der Waals surface area contributed by atoms with Gasteiger partial charge in [0.1, 0.15) is 23.9 Å². The van der Waals surface area contributed by atoms with Gasteiger partial charge in [0.05, 0.1) is 24.4 Å². The Labute approximate surface area is 190 Å². The van der Waals surface area contributed by atoms with Crippen LogP contribution in [-0.2, 0) is 16.1 Å². The molecule has 1 amide bonds. The largest absolute Gasteiger partial charge is 0.507 e. The standard InChI is InChI=1S/C25H20ClNO5/c1-2-13-31-19-11-7-16(8-12-19)22-21(23(28)17-5-9-18(26)10-6-17)24(29)25(30)27(22)15-20-4-3-14-32-20/h2-12,14,22,28H,1,13,15H2/b23-21+. The number of rotatable bonds is 7. The Morgan fingerprint density at radius 3 is 2.47 bits per heavy atom. The lowest BCUT2D eigenvalue weighted by Gasteiger charge is -2.24. The molecule has 1 atom stereocenters. The van der Waals surface area contributed by atoms with E-state index in [-0.39, 0.29) is 17.9 Å². The van der Waals surface area contributed by atoms with E-state index in [2.05, 4.69) is 6.58 Å². The highest BCUT2D eigenvalue weighted by Gasteiger charge is 2.46. The lowest BCUT2D eigenvalue weighted by Crippen LogP contribution is -2.29. The molecule has 1 saturated heterocycles. The minimum absolute atomic E-state index is 0.00337. The topological polar surface area (TPSA) is 80.0 Å². The SMILES string of the molecule is C=CCOc1ccc(C2/C(=C(\O)c3ccc(Cl)cc3)C(=O)C(=O)N2Cc2ccco2)cc1. The number of carbonyl (C=O) groups is 2. The Kier molecular flexibility index (Phi) is 6.14. The van der Waals surface area contributed by atoms with Gasteiger partial charge in [-0.05, 0) is 54.1 Å². The number of aliphatic hydroxyl groups excluding tert-OH is 1. The zero-order valence-corrected chi connectivity index (χ0v) is 17.8. The summed E-state index contributed by atoms with van der Waals surface area (Å²) in [7, 11) is 0. The number of ether oxygens (including phenoxy) is 1. The number of likely N-dealkylation sites (tertiary alicyclic amines) is 1. The van der Waals surface area contributed by atoms with Crippen LogP contribution >= 0.6 is 11.6 Å². The monoisotopic (exact) mass is 449 g/mol. The molecule has 0 saturated carbocycles. The van der Waals surface area contributed by atoms with Gasteiger partial charge in [-0.3, -0.25) is 9.59 Å². The van der Waals surface area contributed by atoms with E-state index in [0.29, 0.717) is 34.3 Å². The van der Waals surface area contributed by atoms with Crippen LogP contribution in [0, 0.1) is 0 Å². The van der Waals surface area contributed by atoms with Gasteiger partial charge in [0.2, 0.25) is 0 Å². The number of hydrogen-bond acceptors (Lipinski definition) is 5. The molecule has 1 unspecified atom stereocenters. The van der Waals surface area contributed by atoms with Gasteiger partial charge < -0.3 is 19.2 Å². The zero-order chi connectivity index (χ0) is 22.7. The van der Waals surface area contributed by atoms with Crippen LogP contribution in [0.5, 0.6) is 5.75 Å². The molecule has 1 aromatic heterocycles. The van der Waals surface area contributed by atoms with Crippen LogP contribution in [-0.4, -0.2) is 28.3 Å². The smallest absolute Gasteiger partial charge is 0.296 e. The molecule has 2 heterocycles. The number of carbonyl (C=O) groups excluding carboxylic acids is 2. The van der Waals surface area contributed by atoms with Crippen LogP contribution in [0.4, 0.5) is 0 Å². The second-order valence-electron chi connectivity index (χ2n) is 7.18. The molecular formula is C25H20ClNO5. The Hall–Kier alpha value is -3.77. The van der Waals surface area contributed by atoms with Gasteiger partial charge in [0, 0.05) is 10.6 Å². The van der Waals surface area contributed by atoms with Crippen LogP contribution in [0.1, 0.15) is 22.9 Å². The quantitative estimate of drug-likeness (QED) is 0.234. The Morgan fingerprint density at radius 2 is 1.84 bits per heavy atom. The maximum absolute atomic E-state index is 13.0. The summed E-state index contributed by atoms with van der Waals surface area (Å²) in [4.78, 5) is 27.4. The number of Topliss-reactive ketones (excluding diaryl/α,β-unsaturated/α-hetero) is 1. The number of hydrogen-bond donors (Lipinski definition) is 1. The molecule has 3 aromatic rings. The zero-order valence-electron chi connectivity index (χ0n) is 17.0. The van der Waals surface area contributed by atoms with Crippen molar-refractivity contribution >= 4 is 29.1 Å². The Morgan fingerprint density at radius 1 is 1.12 bits per heavy atom. The van der Waals surface area contributed by atoms with Gasteiger partial charge in [-0.2, -0.15) is 0 Å². The molecule has 0 radical (unpaired) electrons. The van der Waals surface area contributed by atoms with Crippen molar-refractivity contribution in [3.63, 3.8) is 0 Å². The summed E-state index contributed by atoms with van der Waals surface area (Å²) in [5.74, 6) is -0.600. The molecule has 0 aliphatic carbocycles. The van der Waals surface area contributed by atoms with Crippen LogP contribution in [0.3, 0.4) is 0 Å². The van der Waals surface area contributed by atoms with Crippen molar-refractivity contribution in [2.45, 2.75) is 12.6 Å². The molecule has 162 valence electrons. The second-order valence-corrected chi connectivity index (χ2v) is 7.62. The highest BCUT2D eigenvalue weighted by atomic mass is 35.5. The van der Waals surface area contributed by atoms with Gasteiger partial charge in [-0.25, -0.2) is 0 Å². The van der Waals surface area contributed by atoms with Crippen molar-refractivity contribution in [2.24, 2.45) is 0 Å². The van der Waals surface area contributed by atoms with Crippen LogP contribution < -0.4 is 4.74 Å². The number of aliphatic hydroxyl groups is 1. The summed E-state index contributed by atoms with van der Waals surface area (Å²) in [5, 5.41) is 11.5. The third-order valence-electron chi connectivity index (χ3n) is 5.13. The summed E-state index contributed by atoms with van der Waals surface area (Å²) in [6.45, 7) is 4.06. The molecule has 6 nitrogen and oxygen atoms in total. The van der Waals surface area contributed by atoms with Gasteiger partial charge in [-0.15, -0.1) is 0 Å². The van der Waals surface area contributed by atoms with E-state index in [9.17, 15) is 14.7 Å². The second kappa shape index (κ2) is 9.16. The van der Waals surface area contributed by atoms with Crippen LogP contribution in [0.15, 0.2) is 89.6 Å². The van der Waals surface area contributed by atoms with E-state index in [1.165, 1.54) is 11.2 Å². The maximum atomic E-state index is 13.0. The predicted molar refractivity (Wildman–Crippen MR) is 120 cm³/mol. The van der Waals surface area contributed by atoms with E-state index in [4.69, 9.17) is 20.8 Å². The van der Waals surface area contributed by atoms with Crippen molar-refractivity contribution in [3.8, 4) is 5.75 Å². The van der Waals surface area contributed by atoms with E-state index < -0.39 is 17.7 Å². The normalized spacial score (nSPS) is 17.5. The fourth-order valence-corrected chi connectivity index (χ4v) is 3.75. The summed E-state index contributed by atoms with van der Waals surface area (Å²) < 4.78 is 10.9. The molecule has 1 aliphatic heterocycles. The Bertz CT molecular complexity index is 1160. The molecule has 7 heteroatoms. The fraction of sp³-hybridized carbons (Fsp3) is 0.120. The predicted octanol–water partition coefficient (Wildman–Crippen LogP) is 5.12. The number of benzene rings is 2. The van der Waals surface area contributed by atoms with Gasteiger partial charge in [0.25, 0.3) is 11.7 Å². The number of ketones is 1. The van der Waals surface area contributed by atoms with Gasteiger partial charge >= 0.3 is 0 Å². The lowest BCUT2D eigenvalue weighted by atomic mass is 9.95. The maximum Gasteiger partial charge on any atom is 0.296 e. The number of nitrogens with zero attached hydrogens (tertiary/aromatic N) is 1. The van der Waals surface area contributed by atoms with Gasteiger partial charge in [0.15, 0.2) is 0 Å². The highest BCUT2D eigenvalue weighted by molar-refractivity contribution is 6.46. The third-order valence-corrected chi connectivity index (χ3v) is 5.38. The first-order chi connectivity index (χ1) is 15.5. The molecule has 0 bridgehead atoms. The number of amides is 1. The minimum atomic E-state index is -0.802. The number of furan rings is 1.